The van der Waals surface area contributed by atoms with Crippen LogP contribution in [0.25, 0.3) is 0 Å². The largest absolute Gasteiger partial charge is 0.377 e. The highest BCUT2D eigenvalue weighted by Gasteiger charge is 2.60. The number of carbonyl (C=O) groups excluding carboxylic acids is 2. The van der Waals surface area contributed by atoms with E-state index in [2.05, 4.69) is 0 Å². The van der Waals surface area contributed by atoms with Crippen LogP contribution in [0.15, 0.2) is 65.9 Å². The highest BCUT2D eigenvalue weighted by molar-refractivity contribution is 6.13. The molecule has 2 aliphatic rings. The second-order valence-corrected chi connectivity index (χ2v) is 6.15. The lowest BCUT2D eigenvalue weighted by molar-refractivity contribution is -0.190. The summed E-state index contributed by atoms with van der Waals surface area (Å²) in [5.41, 5.74) is -0.588. The van der Waals surface area contributed by atoms with Gasteiger partial charge in [-0.25, -0.2) is 0 Å². The van der Waals surface area contributed by atoms with Gasteiger partial charge in [-0.15, -0.1) is 5.06 Å². The Morgan fingerprint density at radius 3 is 2.52 bits per heavy atom. The molecule has 0 aliphatic carbocycles. The predicted molar refractivity (Wildman–Crippen MR) is 90.3 cm³/mol. The number of hydroxylamine groups is 2. The summed E-state index contributed by atoms with van der Waals surface area (Å²) < 4.78 is 0. The first kappa shape index (κ1) is 15.6. The standard InChI is InChI=1S/C20H17NO4/c1-2-8-16-17(18(22)13-9-4-3-5-10-13)20(24)15-12-7-6-11-14(15)19(23)21(20)25-16/h3-7,9-12,24H,2,8H2,1H3. The van der Waals surface area contributed by atoms with Gasteiger partial charge in [0, 0.05) is 17.5 Å². The maximum atomic E-state index is 13.2. The Morgan fingerprint density at radius 2 is 1.80 bits per heavy atom. The molecule has 1 amide bonds. The zero-order chi connectivity index (χ0) is 17.6. The molecule has 5 heteroatoms. The van der Waals surface area contributed by atoms with E-state index in [1.165, 1.54) is 0 Å². The summed E-state index contributed by atoms with van der Waals surface area (Å²) in [5, 5.41) is 12.4. The second kappa shape index (κ2) is 5.57. The summed E-state index contributed by atoms with van der Waals surface area (Å²) in [6.45, 7) is 1.95. The summed E-state index contributed by atoms with van der Waals surface area (Å²) >= 11 is 0. The number of carbonyl (C=O) groups is 2. The van der Waals surface area contributed by atoms with E-state index in [1.807, 2.05) is 13.0 Å². The molecule has 1 N–H and O–H groups in total. The molecule has 0 fully saturated rings. The van der Waals surface area contributed by atoms with E-state index in [1.54, 1.807) is 48.5 Å². The Hall–Kier alpha value is -2.92. The smallest absolute Gasteiger partial charge is 0.290 e. The van der Waals surface area contributed by atoms with Crippen molar-refractivity contribution in [2.24, 2.45) is 0 Å². The molecular weight excluding hydrogens is 318 g/mol. The third kappa shape index (κ3) is 2.06. The lowest BCUT2D eigenvalue weighted by atomic mass is 9.88. The van der Waals surface area contributed by atoms with Crippen LogP contribution in [0.1, 0.15) is 46.0 Å². The first-order valence-electron chi connectivity index (χ1n) is 8.26. The zero-order valence-electron chi connectivity index (χ0n) is 13.7. The molecule has 1 unspecified atom stereocenters. The van der Waals surface area contributed by atoms with E-state index in [9.17, 15) is 14.7 Å². The average molecular weight is 335 g/mol. The van der Waals surface area contributed by atoms with Crippen molar-refractivity contribution in [2.75, 3.05) is 0 Å². The molecule has 2 aliphatic heterocycles. The quantitative estimate of drug-likeness (QED) is 0.872. The normalized spacial score (nSPS) is 21.2. The SMILES string of the molecule is CCCC1=C(C(=O)c2ccccc2)C2(O)c3ccccc3C(=O)N2O1. The van der Waals surface area contributed by atoms with Crippen LogP contribution in [-0.4, -0.2) is 21.9 Å². The minimum atomic E-state index is -1.88. The van der Waals surface area contributed by atoms with Crippen LogP contribution in [0, 0.1) is 0 Å². The molecule has 0 spiro atoms. The fourth-order valence-corrected chi connectivity index (χ4v) is 3.45. The van der Waals surface area contributed by atoms with E-state index < -0.39 is 11.6 Å². The molecule has 126 valence electrons. The van der Waals surface area contributed by atoms with Crippen LogP contribution < -0.4 is 0 Å². The van der Waals surface area contributed by atoms with Crippen molar-refractivity contribution in [3.8, 4) is 0 Å². The number of hydrogen-bond acceptors (Lipinski definition) is 4. The molecule has 0 radical (unpaired) electrons. The Balaban J connectivity index is 1.92. The van der Waals surface area contributed by atoms with Crippen molar-refractivity contribution in [3.05, 3.63) is 82.6 Å². The number of Topliss-reactive ketones (excluding diaryl/α,β-unsaturated/α-hetero) is 1. The van der Waals surface area contributed by atoms with Crippen LogP contribution in [-0.2, 0) is 10.6 Å². The fraction of sp³-hybridized carbons (Fsp3) is 0.200. The number of ketones is 1. The van der Waals surface area contributed by atoms with Gasteiger partial charge in [-0.3, -0.25) is 9.59 Å². The van der Waals surface area contributed by atoms with Crippen molar-refractivity contribution < 1.29 is 19.5 Å². The monoisotopic (exact) mass is 335 g/mol. The molecule has 0 saturated carbocycles. The van der Waals surface area contributed by atoms with E-state index in [4.69, 9.17) is 4.84 Å². The van der Waals surface area contributed by atoms with Gasteiger partial charge in [0.25, 0.3) is 5.91 Å². The number of amides is 1. The van der Waals surface area contributed by atoms with Gasteiger partial charge in [0.15, 0.2) is 5.78 Å². The van der Waals surface area contributed by atoms with Crippen molar-refractivity contribution in [1.82, 2.24) is 5.06 Å². The van der Waals surface area contributed by atoms with Crippen LogP contribution in [0.3, 0.4) is 0 Å². The maximum absolute atomic E-state index is 13.2. The average Bonchev–Trinajstić information content (AvgIpc) is 3.05. The maximum Gasteiger partial charge on any atom is 0.290 e. The molecule has 4 rings (SSSR count). The van der Waals surface area contributed by atoms with E-state index in [0.29, 0.717) is 28.9 Å². The van der Waals surface area contributed by atoms with Crippen LogP contribution in [0.4, 0.5) is 0 Å². The summed E-state index contributed by atoms with van der Waals surface area (Å²) in [6, 6.07) is 15.5. The van der Waals surface area contributed by atoms with Crippen molar-refractivity contribution in [2.45, 2.75) is 25.5 Å². The molecule has 5 nitrogen and oxygen atoms in total. The summed E-state index contributed by atoms with van der Waals surface area (Å²) in [5.74, 6) is -0.428. The van der Waals surface area contributed by atoms with Gasteiger partial charge in [-0.05, 0) is 12.5 Å². The molecule has 2 aromatic carbocycles. The Kier molecular flexibility index (Phi) is 3.47. The number of hydrogen-bond donors (Lipinski definition) is 1. The number of aliphatic hydroxyl groups is 1. The number of allylic oxidation sites excluding steroid dienone is 1. The lowest BCUT2D eigenvalue weighted by Gasteiger charge is -2.26. The number of nitrogens with zero attached hydrogens (tertiary/aromatic N) is 1. The zero-order valence-corrected chi connectivity index (χ0v) is 13.7. The van der Waals surface area contributed by atoms with Gasteiger partial charge in [0.2, 0.25) is 5.72 Å². The fourth-order valence-electron chi connectivity index (χ4n) is 3.45. The topological polar surface area (TPSA) is 66.8 Å². The van der Waals surface area contributed by atoms with Gasteiger partial charge < -0.3 is 9.94 Å². The van der Waals surface area contributed by atoms with E-state index >= 15 is 0 Å². The van der Waals surface area contributed by atoms with Crippen molar-refractivity contribution in [1.29, 1.82) is 0 Å². The first-order valence-corrected chi connectivity index (χ1v) is 8.26. The van der Waals surface area contributed by atoms with Gasteiger partial charge >= 0.3 is 0 Å². The highest BCUT2D eigenvalue weighted by Crippen LogP contribution is 2.50. The summed E-state index contributed by atoms with van der Waals surface area (Å²) in [7, 11) is 0. The van der Waals surface area contributed by atoms with E-state index in [-0.39, 0.29) is 11.4 Å². The summed E-state index contributed by atoms with van der Waals surface area (Å²) in [4.78, 5) is 31.5. The number of rotatable bonds is 4. The van der Waals surface area contributed by atoms with Crippen molar-refractivity contribution >= 4 is 11.7 Å². The minimum Gasteiger partial charge on any atom is -0.377 e. The molecule has 2 aromatic rings. The highest BCUT2D eigenvalue weighted by atomic mass is 16.7. The minimum absolute atomic E-state index is 0.124. The van der Waals surface area contributed by atoms with Gasteiger partial charge in [-0.2, -0.15) is 0 Å². The lowest BCUT2D eigenvalue weighted by Crippen LogP contribution is -2.41. The van der Waals surface area contributed by atoms with Gasteiger partial charge in [-0.1, -0.05) is 55.5 Å². The van der Waals surface area contributed by atoms with Crippen LogP contribution in [0.2, 0.25) is 0 Å². The molecule has 0 saturated heterocycles. The van der Waals surface area contributed by atoms with Crippen LogP contribution >= 0.6 is 0 Å². The Labute approximate surface area is 145 Å². The number of fused-ring (bicyclic) bond motifs is 3. The second-order valence-electron chi connectivity index (χ2n) is 6.15. The molecule has 2 heterocycles. The van der Waals surface area contributed by atoms with Gasteiger partial charge in [0.1, 0.15) is 11.3 Å². The molecule has 25 heavy (non-hydrogen) atoms. The first-order chi connectivity index (χ1) is 12.1. The van der Waals surface area contributed by atoms with Gasteiger partial charge in [0.05, 0.1) is 5.56 Å². The van der Waals surface area contributed by atoms with Crippen molar-refractivity contribution in [3.63, 3.8) is 0 Å². The summed E-state index contributed by atoms with van der Waals surface area (Å²) in [6.07, 6.45) is 1.18. The molecule has 0 bridgehead atoms. The van der Waals surface area contributed by atoms with E-state index in [0.717, 1.165) is 11.5 Å². The number of benzene rings is 2. The molecule has 0 aromatic heterocycles. The molecule has 1 atom stereocenters. The third-order valence-corrected chi connectivity index (χ3v) is 4.58. The third-order valence-electron chi connectivity index (χ3n) is 4.58. The predicted octanol–water partition coefficient (Wildman–Crippen LogP) is 3.17. The molecular formula is C20H17NO4. The Morgan fingerprint density at radius 1 is 1.12 bits per heavy atom. The van der Waals surface area contributed by atoms with Crippen LogP contribution in [0.5, 0.6) is 0 Å². The Bertz CT molecular complexity index is 903.